The molecule has 1 aromatic heterocycles. The molecule has 10 heteroatoms. The number of benzene rings is 1. The van der Waals surface area contributed by atoms with Gasteiger partial charge in [0.15, 0.2) is 0 Å². The van der Waals surface area contributed by atoms with Gasteiger partial charge in [-0.15, -0.1) is 17.9 Å². The van der Waals surface area contributed by atoms with Gasteiger partial charge in [0, 0.05) is 18.7 Å². The number of aryl methyl sites for hydroxylation is 1. The van der Waals surface area contributed by atoms with Crippen molar-refractivity contribution in [3.8, 4) is 12.8 Å². The minimum absolute atomic E-state index is 0.0706. The highest BCUT2D eigenvalue weighted by Crippen LogP contribution is 2.19. The van der Waals surface area contributed by atoms with Gasteiger partial charge in [-0.25, -0.2) is 27.1 Å². The molecule has 0 unspecified atom stereocenters. The molecule has 0 atom stereocenters. The smallest absolute Gasteiger partial charge is 0.395 e. The van der Waals surface area contributed by atoms with E-state index in [4.69, 9.17) is 0 Å². The van der Waals surface area contributed by atoms with Gasteiger partial charge in [0.25, 0.3) is 0 Å². The highest BCUT2D eigenvalue weighted by molar-refractivity contribution is 7.88. The number of aromatic nitrogens is 2. The van der Waals surface area contributed by atoms with E-state index in [-0.39, 0.29) is 18.7 Å². The Morgan fingerprint density at radius 1 is 1.10 bits per heavy atom. The van der Waals surface area contributed by atoms with Crippen molar-refractivity contribution in [3.05, 3.63) is 51.8 Å². The van der Waals surface area contributed by atoms with Crippen LogP contribution in [0.15, 0.2) is 27.7 Å². The van der Waals surface area contributed by atoms with Crippen molar-refractivity contribution >= 4 is 10.0 Å². The summed E-state index contributed by atoms with van der Waals surface area (Å²) in [5.41, 5.74) is 0.399. The predicted molar refractivity (Wildman–Crippen MR) is 114 cm³/mol. The maximum absolute atomic E-state index is 14.0. The first-order chi connectivity index (χ1) is 14.2. The lowest BCUT2D eigenvalue weighted by Crippen LogP contribution is -2.30. The van der Waals surface area contributed by atoms with E-state index in [0.717, 1.165) is 29.4 Å². The van der Waals surface area contributed by atoms with Gasteiger partial charge in [0.2, 0.25) is 16.4 Å². The second-order valence-electron chi connectivity index (χ2n) is 5.63. The van der Waals surface area contributed by atoms with E-state index in [0.29, 0.717) is 18.4 Å². The zero-order valence-corrected chi connectivity index (χ0v) is 18.9. The van der Waals surface area contributed by atoms with Crippen molar-refractivity contribution in [1.82, 2.24) is 14.5 Å². The SMILES string of the molecule is C#C.CC.CCCc1cc(F)c(CN(CCC)S(C)(=O)=O)cc1F.O=c1[nH]nco1. The summed E-state index contributed by atoms with van der Waals surface area (Å²) < 4.78 is 56.2. The number of hydrogen-bond acceptors (Lipinski definition) is 5. The molecular formula is C20H31F2N3O4S. The molecule has 0 amide bonds. The Morgan fingerprint density at radius 2 is 1.63 bits per heavy atom. The fourth-order valence-electron chi connectivity index (χ4n) is 2.19. The summed E-state index contributed by atoms with van der Waals surface area (Å²) >= 11 is 0. The van der Waals surface area contributed by atoms with E-state index in [1.54, 1.807) is 0 Å². The van der Waals surface area contributed by atoms with Gasteiger partial charge in [-0.05, 0) is 30.5 Å². The summed E-state index contributed by atoms with van der Waals surface area (Å²) in [6, 6.07) is 2.27. The zero-order valence-electron chi connectivity index (χ0n) is 18.1. The van der Waals surface area contributed by atoms with Crippen LogP contribution in [0.25, 0.3) is 0 Å². The largest absolute Gasteiger partial charge is 0.434 e. The molecule has 0 aliphatic rings. The summed E-state index contributed by atoms with van der Waals surface area (Å²) in [5, 5.41) is 5.25. The second-order valence-corrected chi connectivity index (χ2v) is 7.62. The van der Waals surface area contributed by atoms with Crippen LogP contribution < -0.4 is 5.76 Å². The molecule has 0 spiro atoms. The van der Waals surface area contributed by atoms with E-state index in [2.05, 4.69) is 22.4 Å². The highest BCUT2D eigenvalue weighted by Gasteiger charge is 2.19. The van der Waals surface area contributed by atoms with Crippen LogP contribution >= 0.6 is 0 Å². The van der Waals surface area contributed by atoms with E-state index in [1.807, 2.05) is 32.8 Å². The number of aromatic amines is 1. The van der Waals surface area contributed by atoms with Crippen molar-refractivity contribution in [2.45, 2.75) is 53.5 Å². The third-order valence-electron chi connectivity index (χ3n) is 3.39. The van der Waals surface area contributed by atoms with Crippen molar-refractivity contribution in [2.24, 2.45) is 0 Å². The van der Waals surface area contributed by atoms with Gasteiger partial charge in [-0.1, -0.05) is 34.1 Å². The van der Waals surface area contributed by atoms with Gasteiger partial charge in [0.05, 0.1) is 6.26 Å². The Balaban J connectivity index is 0. The van der Waals surface area contributed by atoms with Crippen LogP contribution in [0.5, 0.6) is 0 Å². The standard InChI is InChI=1S/C14H21F2NO2S.C2H2N2O2.C2H6.C2H2/c1-4-6-11-8-14(16)12(9-13(11)15)10-17(7-5-2)20(3,18)19;5-2-4-3-1-6-2;2*1-2/h8-9H,4-7,10H2,1-3H3;1H,(H,4,5);1-2H3;1-2H. The molecule has 170 valence electrons. The van der Waals surface area contributed by atoms with E-state index < -0.39 is 27.4 Å². The zero-order chi connectivity index (χ0) is 23.7. The third kappa shape index (κ3) is 11.5. The Bertz CT molecular complexity index is 876. The molecule has 0 radical (unpaired) electrons. The summed E-state index contributed by atoms with van der Waals surface area (Å²) in [7, 11) is -3.43. The predicted octanol–water partition coefficient (Wildman–Crippen LogP) is 3.73. The van der Waals surface area contributed by atoms with Gasteiger partial charge in [-0.2, -0.15) is 4.31 Å². The molecule has 0 aliphatic carbocycles. The topological polar surface area (TPSA) is 96.3 Å². The lowest BCUT2D eigenvalue weighted by atomic mass is 10.1. The second kappa shape index (κ2) is 16.3. The summed E-state index contributed by atoms with van der Waals surface area (Å²) in [4.78, 5) is 9.78. The van der Waals surface area contributed by atoms with Gasteiger partial charge < -0.3 is 4.42 Å². The molecule has 0 bridgehead atoms. The number of sulfonamides is 1. The molecule has 1 aromatic carbocycles. The number of nitrogens with zero attached hydrogens (tertiary/aromatic N) is 2. The lowest BCUT2D eigenvalue weighted by molar-refractivity contribution is 0.400. The van der Waals surface area contributed by atoms with Gasteiger partial charge >= 0.3 is 5.76 Å². The molecule has 0 saturated heterocycles. The van der Waals surface area contributed by atoms with Crippen LogP contribution in [0.1, 0.15) is 51.7 Å². The monoisotopic (exact) mass is 447 g/mol. The molecule has 1 N–H and O–H groups in total. The number of rotatable bonds is 7. The van der Waals surface area contributed by atoms with Crippen LogP contribution in [-0.2, 0) is 23.0 Å². The van der Waals surface area contributed by atoms with E-state index >= 15 is 0 Å². The molecule has 2 aromatic rings. The Morgan fingerprint density at radius 3 is 2.00 bits per heavy atom. The molecule has 7 nitrogen and oxygen atoms in total. The molecule has 0 fully saturated rings. The molecule has 2 rings (SSSR count). The fourth-order valence-corrected chi connectivity index (χ4v) is 3.08. The number of terminal acetylenes is 1. The van der Waals surface area contributed by atoms with Crippen molar-refractivity contribution in [1.29, 1.82) is 0 Å². The van der Waals surface area contributed by atoms with Crippen LogP contribution in [0.3, 0.4) is 0 Å². The molecule has 30 heavy (non-hydrogen) atoms. The minimum atomic E-state index is -3.43. The summed E-state index contributed by atoms with van der Waals surface area (Å²) in [5.74, 6) is -1.55. The fraction of sp³-hybridized carbons (Fsp3) is 0.500. The van der Waals surface area contributed by atoms with Crippen molar-refractivity contribution in [2.75, 3.05) is 12.8 Å². The van der Waals surface area contributed by atoms with Crippen LogP contribution in [-0.4, -0.2) is 35.7 Å². The molecular weight excluding hydrogens is 416 g/mol. The maximum Gasteiger partial charge on any atom is 0.434 e. The average molecular weight is 448 g/mol. The number of nitrogens with one attached hydrogen (secondary N) is 1. The first-order valence-electron chi connectivity index (χ1n) is 9.42. The Kier molecular flexibility index (Phi) is 16.1. The third-order valence-corrected chi connectivity index (χ3v) is 4.64. The van der Waals surface area contributed by atoms with Gasteiger partial charge in [0.1, 0.15) is 11.6 Å². The van der Waals surface area contributed by atoms with Crippen LogP contribution in [0, 0.1) is 24.5 Å². The summed E-state index contributed by atoms with van der Waals surface area (Å²) in [6.07, 6.45) is 11.9. The Labute approximate surface area is 177 Å². The quantitative estimate of drug-likeness (QED) is 0.653. The lowest BCUT2D eigenvalue weighted by Gasteiger charge is -2.20. The first kappa shape index (κ1) is 29.7. The number of halogens is 2. The van der Waals surface area contributed by atoms with Crippen LogP contribution in [0.4, 0.5) is 8.78 Å². The maximum atomic E-state index is 14.0. The van der Waals surface area contributed by atoms with Gasteiger partial charge in [-0.3, -0.25) is 0 Å². The first-order valence-corrected chi connectivity index (χ1v) is 11.3. The summed E-state index contributed by atoms with van der Waals surface area (Å²) in [6.45, 7) is 7.87. The number of H-pyrrole nitrogens is 1. The van der Waals surface area contributed by atoms with Crippen LogP contribution in [0.2, 0.25) is 0 Å². The highest BCUT2D eigenvalue weighted by atomic mass is 32.2. The van der Waals surface area contributed by atoms with E-state index in [9.17, 15) is 22.0 Å². The minimum Gasteiger partial charge on any atom is -0.395 e. The normalized spacial score (nSPS) is 10.1. The number of hydrogen-bond donors (Lipinski definition) is 1. The average Bonchev–Trinajstić information content (AvgIpc) is 3.19. The van der Waals surface area contributed by atoms with Crippen molar-refractivity contribution < 1.29 is 21.6 Å². The Hall–Kier alpha value is -2.51. The van der Waals surface area contributed by atoms with E-state index in [1.165, 1.54) is 6.07 Å². The van der Waals surface area contributed by atoms with Crippen molar-refractivity contribution in [3.63, 3.8) is 0 Å². The molecule has 1 heterocycles. The molecule has 0 aliphatic heterocycles. The molecule has 0 saturated carbocycles.